The molecule has 3 atom stereocenters. The van der Waals surface area contributed by atoms with Crippen LogP contribution in [0.4, 0.5) is 0 Å². The van der Waals surface area contributed by atoms with E-state index < -0.39 is 0 Å². The molecule has 0 unspecified atom stereocenters. The second-order valence-corrected chi connectivity index (χ2v) is 10.1. The minimum atomic E-state index is -0.288. The summed E-state index contributed by atoms with van der Waals surface area (Å²) in [5, 5.41) is 30.1. The summed E-state index contributed by atoms with van der Waals surface area (Å²) in [5.74, 6) is 1.67. The van der Waals surface area contributed by atoms with Gasteiger partial charge in [0.15, 0.2) is 0 Å². The number of benzene rings is 1. The Morgan fingerprint density at radius 2 is 1.97 bits per heavy atom. The molecule has 3 aliphatic rings. The first kappa shape index (κ1) is 20.5. The summed E-state index contributed by atoms with van der Waals surface area (Å²) >= 11 is 0. The molecule has 0 spiro atoms. The standard InChI is InChI=1S/C25H35NO3/c1-24(2)20-9-8-18(27)16-19(20)23-21(28)14-17(15-22(23)29-24)25(11-7-12-25)10-5-3-4-6-13-26/h14-15,18-20,27-28H,3-12,16H2,1-2H3/t18-,19+,20+/m0/s1. The van der Waals surface area contributed by atoms with Crippen LogP contribution in [0.5, 0.6) is 11.5 Å². The van der Waals surface area contributed by atoms with Gasteiger partial charge in [0.05, 0.1) is 12.2 Å². The second kappa shape index (κ2) is 7.84. The number of phenolic OH excluding ortho intramolecular Hbond substituents is 1. The van der Waals surface area contributed by atoms with Gasteiger partial charge in [-0.15, -0.1) is 0 Å². The highest BCUT2D eigenvalue weighted by Gasteiger charge is 2.48. The minimum absolute atomic E-state index is 0.148. The van der Waals surface area contributed by atoms with Crippen LogP contribution in [0.25, 0.3) is 0 Å². The summed E-state index contributed by atoms with van der Waals surface area (Å²) in [6.07, 6.45) is 10.7. The van der Waals surface area contributed by atoms with E-state index >= 15 is 0 Å². The number of hydrogen-bond acceptors (Lipinski definition) is 4. The average Bonchev–Trinajstić information content (AvgIpc) is 2.62. The van der Waals surface area contributed by atoms with E-state index in [1.54, 1.807) is 0 Å². The molecule has 2 fully saturated rings. The molecular formula is C25H35NO3. The molecule has 4 nitrogen and oxygen atoms in total. The summed E-state index contributed by atoms with van der Waals surface area (Å²) in [4.78, 5) is 0. The van der Waals surface area contributed by atoms with Crippen LogP contribution in [0.1, 0.15) is 102 Å². The molecule has 0 bridgehead atoms. The number of aromatic hydroxyl groups is 1. The van der Waals surface area contributed by atoms with Gasteiger partial charge in [-0.1, -0.05) is 19.3 Å². The van der Waals surface area contributed by atoms with E-state index in [4.69, 9.17) is 10.00 Å². The van der Waals surface area contributed by atoms with Crippen molar-refractivity contribution in [1.29, 1.82) is 5.26 Å². The van der Waals surface area contributed by atoms with Gasteiger partial charge < -0.3 is 14.9 Å². The number of ether oxygens (including phenoxy) is 1. The third-order valence-electron chi connectivity index (χ3n) is 7.95. The predicted octanol–water partition coefficient (Wildman–Crippen LogP) is 5.70. The molecule has 0 radical (unpaired) electrons. The van der Waals surface area contributed by atoms with Gasteiger partial charge in [-0.2, -0.15) is 5.26 Å². The maximum absolute atomic E-state index is 11.1. The monoisotopic (exact) mass is 397 g/mol. The zero-order chi connectivity index (χ0) is 20.6. The zero-order valence-corrected chi connectivity index (χ0v) is 17.9. The number of aliphatic hydroxyl groups is 1. The van der Waals surface area contributed by atoms with Crippen LogP contribution in [0.3, 0.4) is 0 Å². The van der Waals surface area contributed by atoms with Crippen molar-refractivity contribution in [3.8, 4) is 17.6 Å². The van der Waals surface area contributed by atoms with E-state index in [0.29, 0.717) is 24.5 Å². The van der Waals surface area contributed by atoms with Crippen LogP contribution in [0.15, 0.2) is 12.1 Å². The van der Waals surface area contributed by atoms with Crippen molar-refractivity contribution in [3.05, 3.63) is 23.3 Å². The Labute approximate surface area is 174 Å². The summed E-state index contributed by atoms with van der Waals surface area (Å²) < 4.78 is 6.49. The Kier molecular flexibility index (Phi) is 5.55. The number of nitriles is 1. The molecule has 2 aliphatic carbocycles. The van der Waals surface area contributed by atoms with Gasteiger partial charge >= 0.3 is 0 Å². The van der Waals surface area contributed by atoms with Crippen LogP contribution in [0.2, 0.25) is 0 Å². The molecule has 1 aromatic rings. The van der Waals surface area contributed by atoms with Crippen LogP contribution >= 0.6 is 0 Å². The number of nitrogens with zero attached hydrogens (tertiary/aromatic N) is 1. The SMILES string of the molecule is CC1(C)Oc2cc(C3(CCCCCC#N)CCC3)cc(O)c2[C@@H]2C[C@@H](O)CC[C@H]21. The van der Waals surface area contributed by atoms with Crippen molar-refractivity contribution in [2.75, 3.05) is 0 Å². The van der Waals surface area contributed by atoms with Crippen molar-refractivity contribution >= 4 is 0 Å². The largest absolute Gasteiger partial charge is 0.508 e. The Bertz CT molecular complexity index is 790. The molecule has 4 heteroatoms. The summed E-state index contributed by atoms with van der Waals surface area (Å²) in [5.41, 5.74) is 1.99. The van der Waals surface area contributed by atoms with Crippen LogP contribution in [-0.4, -0.2) is 21.9 Å². The van der Waals surface area contributed by atoms with Gasteiger partial charge in [0, 0.05) is 23.8 Å². The van der Waals surface area contributed by atoms with E-state index in [-0.39, 0.29) is 23.0 Å². The van der Waals surface area contributed by atoms with E-state index in [0.717, 1.165) is 62.7 Å². The van der Waals surface area contributed by atoms with Gasteiger partial charge in [0.1, 0.15) is 17.1 Å². The topological polar surface area (TPSA) is 73.5 Å². The van der Waals surface area contributed by atoms with Crippen molar-refractivity contribution < 1.29 is 14.9 Å². The fourth-order valence-corrected chi connectivity index (χ4v) is 6.16. The molecule has 0 amide bonds. The second-order valence-electron chi connectivity index (χ2n) is 10.1. The maximum Gasteiger partial charge on any atom is 0.127 e. The van der Waals surface area contributed by atoms with E-state index in [1.165, 1.54) is 12.0 Å². The lowest BCUT2D eigenvalue weighted by molar-refractivity contribution is -0.0318. The highest BCUT2D eigenvalue weighted by atomic mass is 16.5. The highest BCUT2D eigenvalue weighted by molar-refractivity contribution is 5.54. The molecule has 2 saturated carbocycles. The summed E-state index contributed by atoms with van der Waals surface area (Å²) in [6, 6.07) is 6.42. The number of hydrogen-bond donors (Lipinski definition) is 2. The number of rotatable bonds is 6. The van der Waals surface area contributed by atoms with Gasteiger partial charge in [0.2, 0.25) is 0 Å². The number of unbranched alkanes of at least 4 members (excludes halogenated alkanes) is 3. The molecule has 0 aromatic heterocycles. The van der Waals surface area contributed by atoms with Crippen molar-refractivity contribution in [2.45, 2.75) is 108 Å². The van der Waals surface area contributed by atoms with Crippen LogP contribution in [0, 0.1) is 17.2 Å². The molecular weight excluding hydrogens is 362 g/mol. The van der Waals surface area contributed by atoms with Crippen molar-refractivity contribution in [2.24, 2.45) is 5.92 Å². The highest BCUT2D eigenvalue weighted by Crippen LogP contribution is 2.57. The summed E-state index contributed by atoms with van der Waals surface area (Å²) in [7, 11) is 0. The van der Waals surface area contributed by atoms with Crippen molar-refractivity contribution in [3.63, 3.8) is 0 Å². The Hall–Kier alpha value is -1.73. The molecule has 1 aromatic carbocycles. The van der Waals surface area contributed by atoms with Gasteiger partial charge in [-0.3, -0.25) is 0 Å². The fourth-order valence-electron chi connectivity index (χ4n) is 6.16. The molecule has 1 aliphatic heterocycles. The van der Waals surface area contributed by atoms with Crippen LogP contribution < -0.4 is 4.74 Å². The Morgan fingerprint density at radius 1 is 1.17 bits per heavy atom. The van der Waals surface area contributed by atoms with E-state index in [2.05, 4.69) is 26.0 Å². The first-order valence-electron chi connectivity index (χ1n) is 11.5. The smallest absolute Gasteiger partial charge is 0.127 e. The lowest BCUT2D eigenvalue weighted by atomic mass is 9.61. The van der Waals surface area contributed by atoms with Gasteiger partial charge in [-0.25, -0.2) is 0 Å². The molecule has 1 heterocycles. The molecule has 4 rings (SSSR count). The lowest BCUT2D eigenvalue weighted by Crippen LogP contribution is -2.47. The third-order valence-corrected chi connectivity index (χ3v) is 7.95. The number of phenols is 1. The molecule has 29 heavy (non-hydrogen) atoms. The van der Waals surface area contributed by atoms with E-state index in [1.807, 2.05) is 6.07 Å². The number of fused-ring (bicyclic) bond motifs is 3. The van der Waals surface area contributed by atoms with Gasteiger partial charge in [0.25, 0.3) is 0 Å². The zero-order valence-electron chi connectivity index (χ0n) is 17.9. The lowest BCUT2D eigenvalue weighted by Gasteiger charge is -2.49. The predicted molar refractivity (Wildman–Crippen MR) is 113 cm³/mol. The Balaban J connectivity index is 1.61. The van der Waals surface area contributed by atoms with E-state index in [9.17, 15) is 10.2 Å². The fraction of sp³-hybridized carbons (Fsp3) is 0.720. The first-order valence-corrected chi connectivity index (χ1v) is 11.5. The normalized spacial score (nSPS) is 29.0. The molecule has 2 N–H and O–H groups in total. The van der Waals surface area contributed by atoms with Crippen LogP contribution in [-0.2, 0) is 5.41 Å². The maximum atomic E-state index is 11.1. The quantitative estimate of drug-likeness (QED) is 0.604. The Morgan fingerprint density at radius 3 is 2.66 bits per heavy atom. The number of aliphatic hydroxyl groups excluding tert-OH is 1. The third kappa shape index (κ3) is 3.75. The molecule has 0 saturated heterocycles. The van der Waals surface area contributed by atoms with Crippen molar-refractivity contribution in [1.82, 2.24) is 0 Å². The van der Waals surface area contributed by atoms with Gasteiger partial charge in [-0.05, 0) is 81.9 Å². The average molecular weight is 398 g/mol. The first-order chi connectivity index (χ1) is 13.9. The molecule has 158 valence electrons. The minimum Gasteiger partial charge on any atom is -0.508 e. The summed E-state index contributed by atoms with van der Waals surface area (Å²) in [6.45, 7) is 4.31.